The summed E-state index contributed by atoms with van der Waals surface area (Å²) >= 11 is 0. The van der Waals surface area contributed by atoms with Gasteiger partial charge in [-0.15, -0.1) is 0 Å². The Morgan fingerprint density at radius 1 is 1.17 bits per heavy atom. The summed E-state index contributed by atoms with van der Waals surface area (Å²) in [6.45, 7) is 7.95. The molecule has 2 aromatic rings. The first-order valence-corrected chi connectivity index (χ1v) is 12.1. The van der Waals surface area contributed by atoms with Gasteiger partial charge in [-0.25, -0.2) is 4.99 Å². The van der Waals surface area contributed by atoms with Crippen molar-refractivity contribution in [3.63, 3.8) is 0 Å². The molecule has 2 aliphatic rings. The molecule has 1 unspecified atom stereocenters. The van der Waals surface area contributed by atoms with Crippen LogP contribution >= 0.6 is 0 Å². The quantitative estimate of drug-likeness (QED) is 0.231. The van der Waals surface area contributed by atoms with Gasteiger partial charge in [0.15, 0.2) is 0 Å². The summed E-state index contributed by atoms with van der Waals surface area (Å²) in [5.74, 6) is 5.97. The molecule has 0 radical (unpaired) electrons. The normalized spacial score (nSPS) is 18.7. The molecule has 2 fully saturated rings. The molecule has 0 bridgehead atoms. The molecule has 0 aliphatic carbocycles. The number of amides is 3. The number of benzene rings is 2. The predicted octanol–water partition coefficient (Wildman–Crippen LogP) is 2.54. The number of imide groups is 1. The molecule has 186 valence electrons. The predicted molar refractivity (Wildman–Crippen MR) is 137 cm³/mol. The minimum Gasteiger partial charge on any atom is -0.379 e. The molecule has 3 amide bonds. The van der Waals surface area contributed by atoms with Crippen molar-refractivity contribution in [2.45, 2.75) is 39.3 Å². The van der Waals surface area contributed by atoms with Gasteiger partial charge in [-0.2, -0.15) is 0 Å². The van der Waals surface area contributed by atoms with E-state index in [0.717, 1.165) is 49.5 Å². The minimum absolute atomic E-state index is 0.181. The zero-order chi connectivity index (χ0) is 25.5. The number of nitrogens with one attached hydrogen (secondary N) is 1. The number of carbonyl (C=O) groups excluding carboxylic acids is 3. The Morgan fingerprint density at radius 3 is 2.61 bits per heavy atom. The Hall–Kier alpha value is -3.80. The maximum Gasteiger partial charge on any atom is 0.249 e. The summed E-state index contributed by atoms with van der Waals surface area (Å²) < 4.78 is 5.41. The lowest BCUT2D eigenvalue weighted by molar-refractivity contribution is -0.138. The third kappa shape index (κ3) is 6.25. The number of nitrogens with zero attached hydrogens (tertiary/aromatic N) is 3. The van der Waals surface area contributed by atoms with Gasteiger partial charge in [0.05, 0.1) is 24.5 Å². The van der Waals surface area contributed by atoms with E-state index in [9.17, 15) is 14.4 Å². The second-order valence-corrected chi connectivity index (χ2v) is 8.95. The van der Waals surface area contributed by atoms with E-state index < -0.39 is 11.9 Å². The van der Waals surface area contributed by atoms with Crippen molar-refractivity contribution in [3.8, 4) is 11.8 Å². The molecule has 8 nitrogen and oxygen atoms in total. The molecule has 2 aliphatic heterocycles. The summed E-state index contributed by atoms with van der Waals surface area (Å²) in [6, 6.07) is 13.2. The molecule has 1 N–H and O–H groups in total. The standard InChI is InChI=1S/C28H30N4O4/c1-20-4-3-5-24(11-10-22-6-8-23(9-7-22)18-31-14-16-36-17-15-31)27(20)29-21(2)32(19-33)25-12-13-26(34)30-28(25)35/h3-9,19,25H,12-18H2,1-2H3,(H,30,34,35)/b29-21-. The van der Waals surface area contributed by atoms with Crippen LogP contribution in [0, 0.1) is 18.8 Å². The summed E-state index contributed by atoms with van der Waals surface area (Å²) in [4.78, 5) is 43.9. The van der Waals surface area contributed by atoms with Crippen molar-refractivity contribution >= 4 is 29.7 Å². The Balaban J connectivity index is 1.53. The van der Waals surface area contributed by atoms with Crippen molar-refractivity contribution in [1.82, 2.24) is 15.1 Å². The van der Waals surface area contributed by atoms with Gasteiger partial charge < -0.3 is 4.74 Å². The molecule has 4 rings (SSSR count). The van der Waals surface area contributed by atoms with Crippen molar-refractivity contribution in [2.24, 2.45) is 4.99 Å². The van der Waals surface area contributed by atoms with Crippen LogP contribution in [0.4, 0.5) is 5.69 Å². The highest BCUT2D eigenvalue weighted by atomic mass is 16.5. The average molecular weight is 487 g/mol. The number of aliphatic imine (C=N–C) groups is 1. The van der Waals surface area contributed by atoms with E-state index in [1.807, 2.05) is 37.3 Å². The number of rotatable bonds is 5. The van der Waals surface area contributed by atoms with E-state index in [0.29, 0.717) is 17.9 Å². The number of hydrogen-bond donors (Lipinski definition) is 1. The first-order valence-electron chi connectivity index (χ1n) is 12.1. The SMILES string of the molecule is C/C(=N/c1c(C)cccc1C#Cc1ccc(CN2CCOCC2)cc1)N(C=O)C1CCC(=O)NC1=O. The Kier molecular flexibility index (Phi) is 8.26. The molecule has 8 heteroatoms. The van der Waals surface area contributed by atoms with Crippen LogP contribution in [-0.4, -0.2) is 66.2 Å². The molecular formula is C28H30N4O4. The van der Waals surface area contributed by atoms with Crippen LogP contribution in [0.5, 0.6) is 0 Å². The molecule has 2 aromatic carbocycles. The summed E-state index contributed by atoms with van der Waals surface area (Å²) in [5, 5.41) is 2.29. The van der Waals surface area contributed by atoms with Crippen LogP contribution < -0.4 is 5.32 Å². The van der Waals surface area contributed by atoms with Crippen LogP contribution in [-0.2, 0) is 25.7 Å². The highest BCUT2D eigenvalue weighted by molar-refractivity contribution is 6.04. The minimum atomic E-state index is -0.765. The highest BCUT2D eigenvalue weighted by Crippen LogP contribution is 2.25. The molecule has 0 spiro atoms. The summed E-state index contributed by atoms with van der Waals surface area (Å²) in [6.07, 6.45) is 1.03. The van der Waals surface area contributed by atoms with Crippen LogP contribution in [0.15, 0.2) is 47.5 Å². The number of hydrogen-bond acceptors (Lipinski definition) is 6. The average Bonchev–Trinajstić information content (AvgIpc) is 2.87. The van der Waals surface area contributed by atoms with Crippen molar-refractivity contribution in [2.75, 3.05) is 26.3 Å². The van der Waals surface area contributed by atoms with E-state index in [2.05, 4.69) is 39.2 Å². The van der Waals surface area contributed by atoms with Crippen molar-refractivity contribution in [1.29, 1.82) is 0 Å². The number of morpholine rings is 1. The van der Waals surface area contributed by atoms with Gasteiger partial charge in [-0.3, -0.25) is 29.5 Å². The molecule has 2 heterocycles. The van der Waals surface area contributed by atoms with Gasteiger partial charge in [0, 0.05) is 31.6 Å². The van der Waals surface area contributed by atoms with E-state index >= 15 is 0 Å². The first-order chi connectivity index (χ1) is 17.4. The van der Waals surface area contributed by atoms with Crippen LogP contribution in [0.3, 0.4) is 0 Å². The van der Waals surface area contributed by atoms with Crippen LogP contribution in [0.1, 0.15) is 42.0 Å². The van der Waals surface area contributed by atoms with Gasteiger partial charge >= 0.3 is 0 Å². The number of ether oxygens (including phenoxy) is 1. The zero-order valence-electron chi connectivity index (χ0n) is 20.6. The van der Waals surface area contributed by atoms with E-state index in [1.54, 1.807) is 6.92 Å². The molecular weight excluding hydrogens is 456 g/mol. The largest absolute Gasteiger partial charge is 0.379 e. The Bertz CT molecular complexity index is 1220. The number of piperidine rings is 1. The van der Waals surface area contributed by atoms with Crippen LogP contribution in [0.2, 0.25) is 0 Å². The van der Waals surface area contributed by atoms with Crippen molar-refractivity contribution in [3.05, 3.63) is 64.7 Å². The molecule has 36 heavy (non-hydrogen) atoms. The van der Waals surface area contributed by atoms with Gasteiger partial charge in [-0.1, -0.05) is 36.1 Å². The topological polar surface area (TPSA) is 91.3 Å². The van der Waals surface area contributed by atoms with Crippen LogP contribution in [0.25, 0.3) is 0 Å². The van der Waals surface area contributed by atoms with Gasteiger partial charge in [0.1, 0.15) is 11.9 Å². The molecule has 0 aromatic heterocycles. The fourth-order valence-electron chi connectivity index (χ4n) is 4.30. The lowest BCUT2D eigenvalue weighted by Gasteiger charge is -2.29. The first kappa shape index (κ1) is 25.3. The Morgan fingerprint density at radius 2 is 1.92 bits per heavy atom. The molecule has 0 saturated carbocycles. The number of aryl methyl sites for hydroxylation is 1. The highest BCUT2D eigenvalue weighted by Gasteiger charge is 2.32. The lowest BCUT2D eigenvalue weighted by Crippen LogP contribution is -2.53. The van der Waals surface area contributed by atoms with Gasteiger partial charge in [-0.05, 0) is 49.6 Å². The smallest absolute Gasteiger partial charge is 0.249 e. The number of para-hydroxylation sites is 1. The van der Waals surface area contributed by atoms with E-state index in [-0.39, 0.29) is 18.7 Å². The van der Waals surface area contributed by atoms with Gasteiger partial charge in [0.25, 0.3) is 0 Å². The molecule has 2 saturated heterocycles. The fourth-order valence-corrected chi connectivity index (χ4v) is 4.30. The zero-order valence-corrected chi connectivity index (χ0v) is 20.6. The Labute approximate surface area is 211 Å². The maximum atomic E-state index is 12.3. The van der Waals surface area contributed by atoms with E-state index in [4.69, 9.17) is 4.74 Å². The third-order valence-corrected chi connectivity index (χ3v) is 6.35. The molecule has 1 atom stereocenters. The summed E-state index contributed by atoms with van der Waals surface area (Å²) in [7, 11) is 0. The third-order valence-electron chi connectivity index (χ3n) is 6.35. The second kappa shape index (κ2) is 11.8. The number of carbonyl (C=O) groups is 3. The lowest BCUT2D eigenvalue weighted by atomic mass is 10.0. The van der Waals surface area contributed by atoms with E-state index in [1.165, 1.54) is 10.5 Å². The summed E-state index contributed by atoms with van der Waals surface area (Å²) in [5.41, 5.74) is 4.40. The maximum absolute atomic E-state index is 12.3. The number of amidine groups is 1. The monoisotopic (exact) mass is 486 g/mol. The fraction of sp³-hybridized carbons (Fsp3) is 0.357. The second-order valence-electron chi connectivity index (χ2n) is 8.95. The van der Waals surface area contributed by atoms with Gasteiger partial charge in [0.2, 0.25) is 18.2 Å². The van der Waals surface area contributed by atoms with Crippen molar-refractivity contribution < 1.29 is 19.1 Å².